The molecule has 72 valence electrons. The number of carbonyl (C=O) groups excluding carboxylic acids is 2. The molecular formula is C9H5F2NO2. The van der Waals surface area contributed by atoms with E-state index in [1.54, 1.807) is 0 Å². The number of benzene rings is 1. The smallest absolute Gasteiger partial charge is 0.296 e. The zero-order chi connectivity index (χ0) is 10.3. The molecule has 0 fully saturated rings. The van der Waals surface area contributed by atoms with E-state index in [1.807, 2.05) is 0 Å². The highest BCUT2D eigenvalue weighted by Crippen LogP contribution is 2.32. The molecule has 0 unspecified atom stereocenters. The van der Waals surface area contributed by atoms with Gasteiger partial charge in [-0.15, -0.1) is 0 Å². The average Bonchev–Trinajstić information content (AvgIpc) is 2.43. The molecule has 0 saturated carbocycles. The van der Waals surface area contributed by atoms with Gasteiger partial charge < -0.3 is 5.32 Å². The third-order valence-electron chi connectivity index (χ3n) is 2.01. The maximum Gasteiger partial charge on any atom is 0.296 e. The van der Waals surface area contributed by atoms with Crippen LogP contribution in [0.2, 0.25) is 0 Å². The van der Waals surface area contributed by atoms with Gasteiger partial charge in [-0.25, -0.2) is 8.78 Å². The molecule has 3 nitrogen and oxygen atoms in total. The van der Waals surface area contributed by atoms with Gasteiger partial charge in [0.05, 0.1) is 11.3 Å². The second-order valence-corrected chi connectivity index (χ2v) is 2.85. The molecule has 5 heteroatoms. The van der Waals surface area contributed by atoms with E-state index < -0.39 is 23.7 Å². The van der Waals surface area contributed by atoms with Crippen LogP contribution in [0.4, 0.5) is 14.5 Å². The molecule has 0 bridgehead atoms. The Bertz CT molecular complexity index is 429. The number of alkyl halides is 2. The molecule has 1 aliphatic heterocycles. The summed E-state index contributed by atoms with van der Waals surface area (Å²) < 4.78 is 24.9. The summed E-state index contributed by atoms with van der Waals surface area (Å²) in [6.45, 7) is 0. The van der Waals surface area contributed by atoms with Crippen LogP contribution in [0.1, 0.15) is 22.3 Å². The Labute approximate surface area is 77.7 Å². The van der Waals surface area contributed by atoms with E-state index >= 15 is 0 Å². The van der Waals surface area contributed by atoms with Crippen molar-refractivity contribution in [3.63, 3.8) is 0 Å². The average molecular weight is 197 g/mol. The lowest BCUT2D eigenvalue weighted by atomic mass is 10.0. The van der Waals surface area contributed by atoms with Gasteiger partial charge in [-0.3, -0.25) is 9.59 Å². The van der Waals surface area contributed by atoms with Crippen molar-refractivity contribution in [2.24, 2.45) is 0 Å². The Morgan fingerprint density at radius 3 is 2.57 bits per heavy atom. The maximum absolute atomic E-state index is 12.4. The van der Waals surface area contributed by atoms with Crippen LogP contribution in [-0.4, -0.2) is 11.7 Å². The predicted octanol–water partition coefficient (Wildman–Crippen LogP) is 1.76. The second-order valence-electron chi connectivity index (χ2n) is 2.85. The Balaban J connectivity index is 2.64. The highest BCUT2D eigenvalue weighted by Gasteiger charge is 2.32. The fourth-order valence-electron chi connectivity index (χ4n) is 1.40. The monoisotopic (exact) mass is 197 g/mol. The highest BCUT2D eigenvalue weighted by molar-refractivity contribution is 6.52. The van der Waals surface area contributed by atoms with Crippen LogP contribution in [0.25, 0.3) is 0 Å². The number of nitrogens with one attached hydrogen (secondary N) is 1. The molecule has 14 heavy (non-hydrogen) atoms. The van der Waals surface area contributed by atoms with Crippen LogP contribution < -0.4 is 5.32 Å². The van der Waals surface area contributed by atoms with Gasteiger partial charge in [0.2, 0.25) is 0 Å². The Kier molecular flexibility index (Phi) is 1.80. The number of fused-ring (bicyclic) bond motifs is 1. The van der Waals surface area contributed by atoms with Crippen LogP contribution in [0, 0.1) is 0 Å². The molecule has 0 aromatic heterocycles. The van der Waals surface area contributed by atoms with E-state index in [0.29, 0.717) is 0 Å². The van der Waals surface area contributed by atoms with Crippen molar-refractivity contribution in [1.29, 1.82) is 0 Å². The van der Waals surface area contributed by atoms with Crippen LogP contribution in [0.3, 0.4) is 0 Å². The molecule has 0 aliphatic carbocycles. The van der Waals surface area contributed by atoms with Crippen LogP contribution >= 0.6 is 0 Å². The van der Waals surface area contributed by atoms with Crippen molar-refractivity contribution < 1.29 is 18.4 Å². The summed E-state index contributed by atoms with van der Waals surface area (Å²) >= 11 is 0. The first-order chi connectivity index (χ1) is 6.61. The van der Waals surface area contributed by atoms with Gasteiger partial charge >= 0.3 is 0 Å². The summed E-state index contributed by atoms with van der Waals surface area (Å²) in [4.78, 5) is 22.1. The summed E-state index contributed by atoms with van der Waals surface area (Å²) in [6, 6.07) is 3.94. The van der Waals surface area contributed by atoms with Gasteiger partial charge in [0.15, 0.2) is 0 Å². The molecule has 0 atom stereocenters. The number of carbonyl (C=O) groups is 2. The molecular weight excluding hydrogens is 192 g/mol. The van der Waals surface area contributed by atoms with E-state index in [0.717, 1.165) is 6.07 Å². The molecule has 1 heterocycles. The normalized spacial score (nSPS) is 14.5. The van der Waals surface area contributed by atoms with Crippen LogP contribution in [0.15, 0.2) is 18.2 Å². The first kappa shape index (κ1) is 8.80. The SMILES string of the molecule is O=C1Nc2cccc(C(F)F)c2C1=O. The number of Topliss-reactive ketones (excluding diaryl/α,β-unsaturated/α-hetero) is 1. The minimum Gasteiger partial charge on any atom is -0.318 e. The van der Waals surface area contributed by atoms with Gasteiger partial charge in [0, 0.05) is 5.56 Å². The standard InChI is InChI=1S/C9H5F2NO2/c10-8(11)4-2-1-3-5-6(4)7(13)9(14)12-5/h1-3,8H,(H,12,13,14). The molecule has 1 amide bonds. The largest absolute Gasteiger partial charge is 0.318 e. The molecule has 0 saturated heterocycles. The third-order valence-corrected chi connectivity index (χ3v) is 2.01. The van der Waals surface area contributed by atoms with Gasteiger partial charge in [0.1, 0.15) is 0 Å². The van der Waals surface area contributed by atoms with Crippen molar-refractivity contribution >= 4 is 17.4 Å². The summed E-state index contributed by atoms with van der Waals surface area (Å²) in [5, 5.41) is 2.22. The lowest BCUT2D eigenvalue weighted by molar-refractivity contribution is -0.112. The summed E-state index contributed by atoms with van der Waals surface area (Å²) in [5.74, 6) is -1.75. The molecule has 1 N–H and O–H groups in total. The van der Waals surface area contributed by atoms with Crippen LogP contribution in [-0.2, 0) is 4.79 Å². The highest BCUT2D eigenvalue weighted by atomic mass is 19.3. The van der Waals surface area contributed by atoms with Gasteiger partial charge in [-0.05, 0) is 6.07 Å². The lowest BCUT2D eigenvalue weighted by Crippen LogP contribution is -2.13. The van der Waals surface area contributed by atoms with Gasteiger partial charge in [-0.1, -0.05) is 12.1 Å². The summed E-state index contributed by atoms with van der Waals surface area (Å²) in [7, 11) is 0. The van der Waals surface area contributed by atoms with Gasteiger partial charge in [-0.2, -0.15) is 0 Å². The fourth-order valence-corrected chi connectivity index (χ4v) is 1.40. The predicted molar refractivity (Wildman–Crippen MR) is 44.4 cm³/mol. The van der Waals surface area contributed by atoms with Crippen molar-refractivity contribution in [3.8, 4) is 0 Å². The summed E-state index contributed by atoms with van der Waals surface area (Å²) in [5.41, 5.74) is -0.434. The van der Waals surface area contributed by atoms with Crippen molar-refractivity contribution in [3.05, 3.63) is 29.3 Å². The molecule has 1 aliphatic rings. The van der Waals surface area contributed by atoms with E-state index in [1.165, 1.54) is 12.1 Å². The maximum atomic E-state index is 12.4. The topological polar surface area (TPSA) is 46.2 Å². The first-order valence-corrected chi connectivity index (χ1v) is 3.88. The first-order valence-electron chi connectivity index (χ1n) is 3.88. The Morgan fingerprint density at radius 2 is 1.93 bits per heavy atom. The van der Waals surface area contributed by atoms with Crippen LogP contribution in [0.5, 0.6) is 0 Å². The number of hydrogen-bond donors (Lipinski definition) is 1. The van der Waals surface area contributed by atoms with Gasteiger partial charge in [0.25, 0.3) is 18.1 Å². The van der Waals surface area contributed by atoms with E-state index in [2.05, 4.69) is 5.32 Å². The van der Waals surface area contributed by atoms with E-state index in [4.69, 9.17) is 0 Å². The minimum atomic E-state index is -2.75. The zero-order valence-electron chi connectivity index (χ0n) is 6.88. The number of halogens is 2. The second kappa shape index (κ2) is 2.87. The number of amides is 1. The Morgan fingerprint density at radius 1 is 1.21 bits per heavy atom. The molecule has 2 rings (SSSR count). The van der Waals surface area contributed by atoms with E-state index in [9.17, 15) is 18.4 Å². The summed E-state index contributed by atoms with van der Waals surface area (Å²) in [6.07, 6.45) is -2.75. The minimum absolute atomic E-state index is 0.165. The molecule has 1 aromatic rings. The zero-order valence-corrected chi connectivity index (χ0v) is 6.88. The van der Waals surface area contributed by atoms with Crippen molar-refractivity contribution in [2.75, 3.05) is 5.32 Å². The molecule has 0 radical (unpaired) electrons. The fraction of sp³-hybridized carbons (Fsp3) is 0.111. The lowest BCUT2D eigenvalue weighted by Gasteiger charge is -2.03. The molecule has 0 spiro atoms. The quantitative estimate of drug-likeness (QED) is 0.697. The van der Waals surface area contributed by atoms with Crippen molar-refractivity contribution in [1.82, 2.24) is 0 Å². The van der Waals surface area contributed by atoms with Crippen molar-refractivity contribution in [2.45, 2.75) is 6.43 Å². The third kappa shape index (κ3) is 1.09. The number of hydrogen-bond acceptors (Lipinski definition) is 2. The number of rotatable bonds is 1. The molecule has 1 aromatic carbocycles. The number of ketones is 1. The number of anilines is 1. The Hall–Kier alpha value is -1.78. The van der Waals surface area contributed by atoms with E-state index in [-0.39, 0.29) is 11.3 Å².